The van der Waals surface area contributed by atoms with Gasteiger partial charge in [-0.1, -0.05) is 19.4 Å². The highest BCUT2D eigenvalue weighted by Crippen LogP contribution is 2.22. The van der Waals surface area contributed by atoms with Crippen LogP contribution in [-0.4, -0.2) is 4.98 Å². The Hall–Kier alpha value is -1.09. The first kappa shape index (κ1) is 11.4. The first-order chi connectivity index (χ1) is 7.63. The fourth-order valence-electron chi connectivity index (χ4n) is 1.91. The van der Waals surface area contributed by atoms with E-state index in [1.54, 1.807) is 6.07 Å². The zero-order chi connectivity index (χ0) is 11.7. The number of halogens is 1. The molecule has 0 radical (unpaired) electrons. The van der Waals surface area contributed by atoms with Crippen molar-refractivity contribution in [3.63, 3.8) is 0 Å². The predicted molar refractivity (Wildman–Crippen MR) is 71.0 cm³/mol. The van der Waals surface area contributed by atoms with E-state index < -0.39 is 0 Å². The van der Waals surface area contributed by atoms with Gasteiger partial charge in [0.1, 0.15) is 0 Å². The van der Waals surface area contributed by atoms with Crippen molar-refractivity contribution in [3.8, 4) is 0 Å². The molecule has 0 aliphatic heterocycles. The molecule has 0 saturated heterocycles. The van der Waals surface area contributed by atoms with E-state index in [-0.39, 0.29) is 5.43 Å². The monoisotopic (exact) mass is 279 g/mol. The summed E-state index contributed by atoms with van der Waals surface area (Å²) in [5.41, 5.74) is 3.16. The summed E-state index contributed by atoms with van der Waals surface area (Å²) < 4.78 is 0.859. The molecular formula is C13H14BrNO. The summed E-state index contributed by atoms with van der Waals surface area (Å²) in [6.45, 7) is 4.12. The Morgan fingerprint density at radius 2 is 2.12 bits per heavy atom. The molecule has 16 heavy (non-hydrogen) atoms. The second kappa shape index (κ2) is 4.42. The zero-order valence-corrected chi connectivity index (χ0v) is 11.0. The van der Waals surface area contributed by atoms with Crippen LogP contribution in [0.2, 0.25) is 0 Å². The molecule has 0 saturated carbocycles. The second-order valence-corrected chi connectivity index (χ2v) is 4.88. The Labute approximate surface area is 103 Å². The van der Waals surface area contributed by atoms with E-state index in [4.69, 9.17) is 0 Å². The fraction of sp³-hybridized carbons (Fsp3) is 0.308. The SMILES string of the molecule is CCCc1cc(=O)c2c(Br)ccc(C)c2[nH]1. The van der Waals surface area contributed by atoms with Gasteiger partial charge in [-0.25, -0.2) is 0 Å². The van der Waals surface area contributed by atoms with Gasteiger partial charge in [0, 0.05) is 16.2 Å². The van der Waals surface area contributed by atoms with Crippen molar-refractivity contribution in [2.75, 3.05) is 0 Å². The zero-order valence-electron chi connectivity index (χ0n) is 9.43. The number of nitrogens with one attached hydrogen (secondary N) is 1. The van der Waals surface area contributed by atoms with Gasteiger partial charge in [0.2, 0.25) is 0 Å². The molecule has 1 heterocycles. The van der Waals surface area contributed by atoms with Crippen molar-refractivity contribution in [3.05, 3.63) is 44.2 Å². The summed E-state index contributed by atoms with van der Waals surface area (Å²) in [6, 6.07) is 5.64. The molecule has 2 nitrogen and oxygen atoms in total. The first-order valence-corrected chi connectivity index (χ1v) is 6.23. The topological polar surface area (TPSA) is 32.9 Å². The number of rotatable bonds is 2. The van der Waals surface area contributed by atoms with Gasteiger partial charge >= 0.3 is 0 Å². The third-order valence-electron chi connectivity index (χ3n) is 2.72. The lowest BCUT2D eigenvalue weighted by Gasteiger charge is -2.07. The lowest BCUT2D eigenvalue weighted by molar-refractivity contribution is 0.887. The molecule has 0 spiro atoms. The molecule has 0 bridgehead atoms. The minimum absolute atomic E-state index is 0.0905. The minimum Gasteiger partial charge on any atom is -0.358 e. The van der Waals surface area contributed by atoms with E-state index in [1.807, 2.05) is 19.1 Å². The molecule has 0 fully saturated rings. The molecule has 0 amide bonds. The van der Waals surface area contributed by atoms with Gasteiger partial charge in [-0.15, -0.1) is 0 Å². The largest absolute Gasteiger partial charge is 0.358 e. The van der Waals surface area contributed by atoms with Gasteiger partial charge in [-0.2, -0.15) is 0 Å². The summed E-state index contributed by atoms with van der Waals surface area (Å²) in [5.74, 6) is 0. The highest BCUT2D eigenvalue weighted by molar-refractivity contribution is 9.10. The van der Waals surface area contributed by atoms with E-state index in [9.17, 15) is 4.79 Å². The van der Waals surface area contributed by atoms with Gasteiger partial charge < -0.3 is 4.98 Å². The van der Waals surface area contributed by atoms with E-state index in [2.05, 4.69) is 27.8 Å². The molecule has 1 N–H and O–H groups in total. The van der Waals surface area contributed by atoms with Crippen LogP contribution in [0.3, 0.4) is 0 Å². The van der Waals surface area contributed by atoms with Crippen molar-refractivity contribution >= 4 is 26.8 Å². The average Bonchev–Trinajstić information content (AvgIpc) is 2.23. The van der Waals surface area contributed by atoms with Gasteiger partial charge in [0.25, 0.3) is 0 Å². The molecule has 0 aliphatic rings. The number of aryl methyl sites for hydroxylation is 2. The van der Waals surface area contributed by atoms with E-state index >= 15 is 0 Å². The number of hydrogen-bond acceptors (Lipinski definition) is 1. The van der Waals surface area contributed by atoms with Crippen molar-refractivity contribution in [2.45, 2.75) is 26.7 Å². The summed E-state index contributed by atoms with van der Waals surface area (Å²) >= 11 is 3.43. The maximum absolute atomic E-state index is 12.0. The van der Waals surface area contributed by atoms with Gasteiger partial charge in [-0.3, -0.25) is 4.79 Å². The number of aromatic nitrogens is 1. The summed E-state index contributed by atoms with van der Waals surface area (Å²) in [5, 5.41) is 0.750. The maximum Gasteiger partial charge on any atom is 0.190 e. The third-order valence-corrected chi connectivity index (χ3v) is 3.38. The minimum atomic E-state index is 0.0905. The Bertz CT molecular complexity index is 586. The molecule has 2 aromatic rings. The van der Waals surface area contributed by atoms with Crippen LogP contribution in [0.15, 0.2) is 27.5 Å². The van der Waals surface area contributed by atoms with Gasteiger partial charge in [0.15, 0.2) is 5.43 Å². The molecule has 3 heteroatoms. The van der Waals surface area contributed by atoms with Crippen LogP contribution in [0.5, 0.6) is 0 Å². The number of pyridine rings is 1. The lowest BCUT2D eigenvalue weighted by atomic mass is 10.1. The number of benzene rings is 1. The molecule has 0 aliphatic carbocycles. The molecule has 2 rings (SSSR count). The average molecular weight is 280 g/mol. The fourth-order valence-corrected chi connectivity index (χ4v) is 2.44. The van der Waals surface area contributed by atoms with Crippen LogP contribution in [0.25, 0.3) is 10.9 Å². The van der Waals surface area contributed by atoms with Crippen LogP contribution in [-0.2, 0) is 6.42 Å². The third kappa shape index (κ3) is 1.92. The summed E-state index contributed by atoms with van der Waals surface area (Å²) in [4.78, 5) is 15.3. The van der Waals surface area contributed by atoms with Crippen molar-refractivity contribution in [1.82, 2.24) is 4.98 Å². The highest BCUT2D eigenvalue weighted by atomic mass is 79.9. The standard InChI is InChI=1S/C13H14BrNO/c1-3-4-9-7-11(16)12-10(14)6-5-8(2)13(12)15-9/h5-7H,3-4H2,1-2H3,(H,15,16). The first-order valence-electron chi connectivity index (χ1n) is 5.44. The molecule has 0 atom stereocenters. The van der Waals surface area contributed by atoms with Crippen LogP contribution in [0.1, 0.15) is 24.6 Å². The molecule has 84 valence electrons. The number of aromatic amines is 1. The Morgan fingerprint density at radius 3 is 2.81 bits per heavy atom. The van der Waals surface area contributed by atoms with E-state index in [1.165, 1.54) is 0 Å². The van der Waals surface area contributed by atoms with E-state index in [0.29, 0.717) is 0 Å². The molecule has 1 aromatic heterocycles. The summed E-state index contributed by atoms with van der Waals surface area (Å²) in [6.07, 6.45) is 1.95. The Kier molecular flexibility index (Phi) is 3.15. The van der Waals surface area contributed by atoms with Crippen LogP contribution < -0.4 is 5.43 Å². The number of hydrogen-bond donors (Lipinski definition) is 1. The van der Waals surface area contributed by atoms with E-state index in [0.717, 1.165) is 39.5 Å². The van der Waals surface area contributed by atoms with Crippen LogP contribution >= 0.6 is 15.9 Å². The smallest absolute Gasteiger partial charge is 0.190 e. The maximum atomic E-state index is 12.0. The molecule has 1 aromatic carbocycles. The lowest BCUT2D eigenvalue weighted by Crippen LogP contribution is -2.06. The Morgan fingerprint density at radius 1 is 1.38 bits per heavy atom. The van der Waals surface area contributed by atoms with Crippen LogP contribution in [0.4, 0.5) is 0 Å². The van der Waals surface area contributed by atoms with Crippen molar-refractivity contribution in [1.29, 1.82) is 0 Å². The Balaban J connectivity index is 2.81. The van der Waals surface area contributed by atoms with Crippen molar-refractivity contribution < 1.29 is 0 Å². The van der Waals surface area contributed by atoms with Crippen molar-refractivity contribution in [2.24, 2.45) is 0 Å². The van der Waals surface area contributed by atoms with Gasteiger partial charge in [0.05, 0.1) is 10.9 Å². The normalized spacial score (nSPS) is 10.9. The number of fused-ring (bicyclic) bond motifs is 1. The van der Waals surface area contributed by atoms with Crippen LogP contribution in [0, 0.1) is 6.92 Å². The predicted octanol–water partition coefficient (Wildman–Crippen LogP) is 3.55. The number of H-pyrrole nitrogens is 1. The summed E-state index contributed by atoms with van der Waals surface area (Å²) in [7, 11) is 0. The molecule has 0 unspecified atom stereocenters. The molecular weight excluding hydrogens is 266 g/mol. The van der Waals surface area contributed by atoms with Gasteiger partial charge in [-0.05, 0) is 40.9 Å². The quantitative estimate of drug-likeness (QED) is 0.896. The second-order valence-electron chi connectivity index (χ2n) is 4.02. The highest BCUT2D eigenvalue weighted by Gasteiger charge is 2.07.